The SMILES string of the molecule is CC/C=C\C/C=C\C/C=C\C/C=C\CCCCCCCCCCC(=O)OCC(COC1OC(C(=O)O)C(O)C(O)C1O)OC(=O)CCCCCCC/C=C\CCCCCCCC. The average molecular weight is 875 g/mol. The summed E-state index contributed by atoms with van der Waals surface area (Å²) in [4.78, 5) is 36.9. The van der Waals surface area contributed by atoms with Gasteiger partial charge in [0.05, 0.1) is 6.61 Å². The number of ether oxygens (including phenoxy) is 4. The van der Waals surface area contributed by atoms with Gasteiger partial charge < -0.3 is 39.4 Å². The lowest BCUT2D eigenvalue weighted by Crippen LogP contribution is -2.60. The maximum Gasteiger partial charge on any atom is 0.335 e. The maximum atomic E-state index is 12.8. The van der Waals surface area contributed by atoms with E-state index in [4.69, 9.17) is 18.9 Å². The van der Waals surface area contributed by atoms with Gasteiger partial charge in [0.1, 0.15) is 24.9 Å². The summed E-state index contributed by atoms with van der Waals surface area (Å²) in [5.41, 5.74) is 0. The predicted octanol–water partition coefficient (Wildman–Crippen LogP) is 11.1. The van der Waals surface area contributed by atoms with Gasteiger partial charge in [-0.3, -0.25) is 9.59 Å². The lowest BCUT2D eigenvalue weighted by atomic mass is 9.99. The minimum absolute atomic E-state index is 0.169. The molecule has 0 saturated carbocycles. The van der Waals surface area contributed by atoms with Crippen LogP contribution in [0.25, 0.3) is 0 Å². The van der Waals surface area contributed by atoms with E-state index in [2.05, 4.69) is 74.6 Å². The molecule has 1 heterocycles. The third-order valence-electron chi connectivity index (χ3n) is 10.9. The van der Waals surface area contributed by atoms with Crippen LogP contribution in [0.4, 0.5) is 0 Å². The Labute approximate surface area is 375 Å². The number of aliphatic hydroxyl groups is 3. The third kappa shape index (κ3) is 31.7. The van der Waals surface area contributed by atoms with Gasteiger partial charge in [-0.25, -0.2) is 4.79 Å². The van der Waals surface area contributed by atoms with Crippen LogP contribution in [0, 0.1) is 0 Å². The Bertz CT molecular complexity index is 1260. The first-order valence-corrected chi connectivity index (χ1v) is 24.3. The molecular formula is C51H86O11. The van der Waals surface area contributed by atoms with E-state index in [0.29, 0.717) is 12.8 Å². The van der Waals surface area contributed by atoms with Crippen molar-refractivity contribution >= 4 is 17.9 Å². The summed E-state index contributed by atoms with van der Waals surface area (Å²) in [6.07, 6.45) is 41.2. The Kier molecular flexibility index (Phi) is 37.3. The number of rotatable bonds is 40. The molecular weight excluding hydrogens is 789 g/mol. The largest absolute Gasteiger partial charge is 0.479 e. The molecule has 356 valence electrons. The molecule has 0 aromatic rings. The van der Waals surface area contributed by atoms with E-state index < -0.39 is 61.3 Å². The van der Waals surface area contributed by atoms with Crippen LogP contribution < -0.4 is 0 Å². The number of aliphatic carboxylic acids is 1. The first kappa shape index (κ1) is 56.9. The van der Waals surface area contributed by atoms with E-state index in [0.717, 1.165) is 89.9 Å². The highest BCUT2D eigenvalue weighted by atomic mass is 16.7. The smallest absolute Gasteiger partial charge is 0.335 e. The molecule has 1 aliphatic rings. The van der Waals surface area contributed by atoms with Gasteiger partial charge in [-0.2, -0.15) is 0 Å². The molecule has 0 aromatic heterocycles. The molecule has 1 rings (SSSR count). The number of esters is 2. The third-order valence-corrected chi connectivity index (χ3v) is 10.9. The Morgan fingerprint density at radius 2 is 0.952 bits per heavy atom. The normalized spacial score (nSPS) is 20.0. The van der Waals surface area contributed by atoms with Crippen LogP contribution in [-0.4, -0.2) is 88.4 Å². The number of carboxylic acids is 1. The highest BCUT2D eigenvalue weighted by molar-refractivity contribution is 5.73. The van der Waals surface area contributed by atoms with E-state index in [1.165, 1.54) is 64.2 Å². The Balaban J connectivity index is 2.33. The summed E-state index contributed by atoms with van der Waals surface area (Å²) in [5, 5.41) is 39.9. The number of carboxylic acid groups (broad SMARTS) is 1. The molecule has 11 nitrogen and oxygen atoms in total. The van der Waals surface area contributed by atoms with Crippen LogP contribution in [0.5, 0.6) is 0 Å². The molecule has 4 N–H and O–H groups in total. The van der Waals surface area contributed by atoms with Gasteiger partial charge in [0.25, 0.3) is 0 Å². The molecule has 1 saturated heterocycles. The van der Waals surface area contributed by atoms with Crippen LogP contribution in [-0.2, 0) is 33.3 Å². The quantitative estimate of drug-likeness (QED) is 0.0263. The molecule has 0 bridgehead atoms. The number of hydrogen-bond acceptors (Lipinski definition) is 10. The standard InChI is InChI=1S/C51H86O11/c1-3-5-7-9-11-13-15-17-19-20-21-22-23-24-26-27-29-31-33-35-37-39-44(52)59-41-43(42-60-51-48(56)46(54)47(55)49(62-51)50(57)58)61-45(53)40-38-36-34-32-30-28-25-18-16-14-12-10-8-6-4-2/h5,7,11,13,17-19,21-22,25,43,46-49,51,54-56H,3-4,6,8-10,12,14-16,20,23-24,26-42H2,1-2H3,(H,57,58)/b7-5-,13-11-,19-17-,22-21-,25-18-. The van der Waals surface area contributed by atoms with Gasteiger partial charge in [0, 0.05) is 12.8 Å². The number of unbranched alkanes of at least 4 members (excludes halogenated alkanes) is 19. The van der Waals surface area contributed by atoms with E-state index in [1.807, 2.05) is 0 Å². The van der Waals surface area contributed by atoms with E-state index in [9.17, 15) is 34.8 Å². The van der Waals surface area contributed by atoms with Crippen LogP contribution in [0.15, 0.2) is 60.8 Å². The van der Waals surface area contributed by atoms with Gasteiger partial charge >= 0.3 is 17.9 Å². The van der Waals surface area contributed by atoms with Gasteiger partial charge in [-0.1, -0.05) is 164 Å². The first-order chi connectivity index (χ1) is 30.2. The van der Waals surface area contributed by atoms with Crippen molar-refractivity contribution in [3.05, 3.63) is 60.8 Å². The van der Waals surface area contributed by atoms with Gasteiger partial charge in [0.15, 0.2) is 18.5 Å². The molecule has 6 unspecified atom stereocenters. The van der Waals surface area contributed by atoms with Crippen LogP contribution >= 0.6 is 0 Å². The maximum absolute atomic E-state index is 12.8. The molecule has 62 heavy (non-hydrogen) atoms. The van der Waals surface area contributed by atoms with Crippen molar-refractivity contribution in [3.63, 3.8) is 0 Å². The molecule has 1 aliphatic heterocycles. The summed E-state index contributed by atoms with van der Waals surface area (Å²) < 4.78 is 21.8. The Morgan fingerprint density at radius 3 is 1.45 bits per heavy atom. The molecule has 0 spiro atoms. The monoisotopic (exact) mass is 875 g/mol. The lowest BCUT2D eigenvalue weighted by Gasteiger charge is -2.38. The molecule has 0 amide bonds. The number of aliphatic hydroxyl groups excluding tert-OH is 3. The minimum Gasteiger partial charge on any atom is -0.479 e. The van der Waals surface area contributed by atoms with Crippen LogP contribution in [0.3, 0.4) is 0 Å². The first-order valence-electron chi connectivity index (χ1n) is 24.3. The van der Waals surface area contributed by atoms with Crippen molar-refractivity contribution in [2.45, 2.75) is 230 Å². The zero-order valence-electron chi connectivity index (χ0n) is 38.6. The molecule has 11 heteroatoms. The minimum atomic E-state index is -1.87. The second-order valence-electron chi connectivity index (χ2n) is 16.6. The average Bonchev–Trinajstić information content (AvgIpc) is 3.26. The highest BCUT2D eigenvalue weighted by Gasteiger charge is 2.47. The van der Waals surface area contributed by atoms with E-state index >= 15 is 0 Å². The summed E-state index contributed by atoms with van der Waals surface area (Å²) in [6, 6.07) is 0. The lowest BCUT2D eigenvalue weighted by molar-refractivity contribution is -0.298. The van der Waals surface area contributed by atoms with E-state index in [1.54, 1.807) is 0 Å². The molecule has 1 fully saturated rings. The van der Waals surface area contributed by atoms with Gasteiger partial charge in [-0.15, -0.1) is 0 Å². The Hall–Kier alpha value is -3.09. The zero-order valence-corrected chi connectivity index (χ0v) is 38.6. The second-order valence-corrected chi connectivity index (χ2v) is 16.6. The van der Waals surface area contributed by atoms with Crippen molar-refractivity contribution in [3.8, 4) is 0 Å². The van der Waals surface area contributed by atoms with Crippen molar-refractivity contribution in [1.29, 1.82) is 0 Å². The fourth-order valence-electron chi connectivity index (χ4n) is 7.04. The van der Waals surface area contributed by atoms with Crippen LogP contribution in [0.1, 0.15) is 194 Å². The van der Waals surface area contributed by atoms with E-state index in [-0.39, 0.29) is 19.4 Å². The Morgan fingerprint density at radius 1 is 0.516 bits per heavy atom. The molecule has 6 atom stereocenters. The summed E-state index contributed by atoms with van der Waals surface area (Å²) in [5.74, 6) is -2.47. The second kappa shape index (κ2) is 40.7. The number of hydrogen-bond donors (Lipinski definition) is 4. The summed E-state index contributed by atoms with van der Waals surface area (Å²) >= 11 is 0. The van der Waals surface area contributed by atoms with Gasteiger partial charge in [0.2, 0.25) is 0 Å². The molecule has 0 aromatic carbocycles. The topological polar surface area (TPSA) is 169 Å². The fraction of sp³-hybridized carbons (Fsp3) is 0.745. The van der Waals surface area contributed by atoms with Crippen LogP contribution in [0.2, 0.25) is 0 Å². The van der Waals surface area contributed by atoms with Crippen molar-refractivity contribution < 1.29 is 53.8 Å². The summed E-state index contributed by atoms with van der Waals surface area (Å²) in [6.45, 7) is 3.69. The zero-order chi connectivity index (χ0) is 45.3. The number of carbonyl (C=O) groups is 3. The molecule has 0 radical (unpaired) electrons. The molecule has 0 aliphatic carbocycles. The van der Waals surface area contributed by atoms with Crippen molar-refractivity contribution in [2.24, 2.45) is 0 Å². The highest BCUT2D eigenvalue weighted by Crippen LogP contribution is 2.23. The van der Waals surface area contributed by atoms with Gasteiger partial charge in [-0.05, 0) is 77.0 Å². The predicted molar refractivity (Wildman–Crippen MR) is 247 cm³/mol. The van der Waals surface area contributed by atoms with Crippen molar-refractivity contribution in [2.75, 3.05) is 13.2 Å². The fourth-order valence-corrected chi connectivity index (χ4v) is 7.04. The number of carbonyl (C=O) groups excluding carboxylic acids is 2. The van der Waals surface area contributed by atoms with Crippen molar-refractivity contribution in [1.82, 2.24) is 0 Å². The number of allylic oxidation sites excluding steroid dienone is 10. The summed E-state index contributed by atoms with van der Waals surface area (Å²) in [7, 11) is 0.